The number of nitrogens with two attached hydrogens (primary N) is 4. The lowest BCUT2D eigenvalue weighted by Gasteiger charge is -2.14. The lowest BCUT2D eigenvalue weighted by molar-refractivity contribution is 0.414. The van der Waals surface area contributed by atoms with Gasteiger partial charge in [0.05, 0.1) is 12.3 Å². The molecule has 10 heteroatoms. The predicted octanol–water partition coefficient (Wildman–Crippen LogP) is -1.57. The Bertz CT molecular complexity index is 149. The minimum absolute atomic E-state index is 0.0115. The van der Waals surface area contributed by atoms with Crippen molar-refractivity contribution in [2.75, 3.05) is 11.5 Å². The molecule has 0 aliphatic carbocycles. The van der Waals surface area contributed by atoms with Crippen LogP contribution in [-0.2, 0) is 0 Å². The van der Waals surface area contributed by atoms with Crippen molar-refractivity contribution in [1.82, 2.24) is 21.7 Å². The normalized spacial score (nSPS) is 11.7. The first kappa shape index (κ1) is 18.4. The Labute approximate surface area is 116 Å². The molecule has 0 spiro atoms. The minimum Gasteiger partial charge on any atom is -0.270 e. The fourth-order valence-corrected chi connectivity index (χ4v) is 3.46. The van der Waals surface area contributed by atoms with Gasteiger partial charge in [0.15, 0.2) is 0 Å². The summed E-state index contributed by atoms with van der Waals surface area (Å²) in [4.78, 5) is 0. The molecule has 0 aromatic rings. The van der Waals surface area contributed by atoms with E-state index in [9.17, 15) is 0 Å². The zero-order valence-corrected chi connectivity index (χ0v) is 12.2. The number of rotatable bonds is 13. The first-order valence-corrected chi connectivity index (χ1v) is 8.36. The van der Waals surface area contributed by atoms with Gasteiger partial charge in [0, 0.05) is 11.5 Å². The highest BCUT2D eigenvalue weighted by Gasteiger charge is 2.03. The van der Waals surface area contributed by atoms with Crippen molar-refractivity contribution in [1.29, 1.82) is 0 Å². The molecule has 0 radical (unpaired) electrons. The van der Waals surface area contributed by atoms with Crippen LogP contribution in [0.3, 0.4) is 0 Å². The van der Waals surface area contributed by atoms with E-state index in [2.05, 4.69) is 21.7 Å². The number of hydrogen-bond acceptors (Lipinski definition) is 10. The molecule has 0 aromatic carbocycles. The van der Waals surface area contributed by atoms with Gasteiger partial charge < -0.3 is 0 Å². The average Bonchev–Trinajstić information content (AvgIpc) is 2.41. The molecule has 0 fully saturated rings. The number of hydrazine groups is 4. The second-order valence-corrected chi connectivity index (χ2v) is 6.40. The average molecular weight is 298 g/mol. The van der Waals surface area contributed by atoms with E-state index < -0.39 is 0 Å². The molecule has 0 heterocycles. The summed E-state index contributed by atoms with van der Waals surface area (Å²) in [5, 5.41) is 0. The zero-order valence-electron chi connectivity index (χ0n) is 10.5. The van der Waals surface area contributed by atoms with Gasteiger partial charge in [0.1, 0.15) is 0 Å². The maximum absolute atomic E-state index is 5.28. The third kappa shape index (κ3) is 10.3. The SMILES string of the molecule is NNC(CCCSSCCCC(NN)NN)NN. The van der Waals surface area contributed by atoms with Crippen molar-refractivity contribution in [3.63, 3.8) is 0 Å². The molecule has 0 aliphatic rings. The van der Waals surface area contributed by atoms with Gasteiger partial charge >= 0.3 is 0 Å². The van der Waals surface area contributed by atoms with E-state index in [0.717, 1.165) is 37.2 Å². The van der Waals surface area contributed by atoms with Crippen LogP contribution in [0.2, 0.25) is 0 Å². The molecule has 0 rings (SSSR count). The lowest BCUT2D eigenvalue weighted by Crippen LogP contribution is -2.49. The van der Waals surface area contributed by atoms with Crippen LogP contribution in [0.25, 0.3) is 0 Å². The van der Waals surface area contributed by atoms with Crippen molar-refractivity contribution in [3.05, 3.63) is 0 Å². The summed E-state index contributed by atoms with van der Waals surface area (Å²) in [5.41, 5.74) is 10.4. The first-order valence-electron chi connectivity index (χ1n) is 5.87. The van der Waals surface area contributed by atoms with E-state index in [1.54, 1.807) is 0 Å². The minimum atomic E-state index is -0.0115. The van der Waals surface area contributed by atoms with Crippen LogP contribution < -0.4 is 45.1 Å². The van der Waals surface area contributed by atoms with Gasteiger partial charge in [0.25, 0.3) is 0 Å². The van der Waals surface area contributed by atoms with E-state index >= 15 is 0 Å². The molecule has 0 atom stereocenters. The fourth-order valence-electron chi connectivity index (χ4n) is 1.24. The molecule has 0 bridgehead atoms. The van der Waals surface area contributed by atoms with E-state index in [1.165, 1.54) is 0 Å². The summed E-state index contributed by atoms with van der Waals surface area (Å²) in [6, 6.07) is 0. The highest BCUT2D eigenvalue weighted by atomic mass is 33.1. The predicted molar refractivity (Wildman–Crippen MR) is 80.3 cm³/mol. The van der Waals surface area contributed by atoms with Crippen molar-refractivity contribution in [3.8, 4) is 0 Å². The molecule has 0 aromatic heterocycles. The van der Waals surface area contributed by atoms with Crippen LogP contribution in [0.1, 0.15) is 25.7 Å². The largest absolute Gasteiger partial charge is 0.270 e. The maximum Gasteiger partial charge on any atom is 0.0827 e. The highest BCUT2D eigenvalue weighted by molar-refractivity contribution is 8.76. The molecular formula is C8H26N8S2. The van der Waals surface area contributed by atoms with E-state index in [4.69, 9.17) is 23.4 Å². The molecule has 0 saturated heterocycles. The second kappa shape index (κ2) is 13.8. The smallest absolute Gasteiger partial charge is 0.0827 e. The van der Waals surface area contributed by atoms with Crippen LogP contribution in [0.15, 0.2) is 0 Å². The van der Waals surface area contributed by atoms with Gasteiger partial charge in [-0.15, -0.1) is 0 Å². The monoisotopic (exact) mass is 298 g/mol. The molecular weight excluding hydrogens is 272 g/mol. The molecule has 0 unspecified atom stereocenters. The maximum atomic E-state index is 5.28. The third-order valence-electron chi connectivity index (χ3n) is 2.33. The van der Waals surface area contributed by atoms with Crippen molar-refractivity contribution >= 4 is 21.6 Å². The quantitative estimate of drug-likeness (QED) is 0.0658. The van der Waals surface area contributed by atoms with E-state index in [0.29, 0.717) is 0 Å². The van der Waals surface area contributed by atoms with E-state index in [-0.39, 0.29) is 12.3 Å². The Morgan fingerprint density at radius 1 is 0.667 bits per heavy atom. The van der Waals surface area contributed by atoms with Gasteiger partial charge in [-0.25, -0.2) is 21.7 Å². The second-order valence-electron chi connectivity index (χ2n) is 3.70. The zero-order chi connectivity index (χ0) is 13.6. The molecule has 8 nitrogen and oxygen atoms in total. The Kier molecular flexibility index (Phi) is 14.1. The Balaban J connectivity index is 3.21. The van der Waals surface area contributed by atoms with Gasteiger partial charge in [0.2, 0.25) is 0 Å². The van der Waals surface area contributed by atoms with Crippen molar-refractivity contribution in [2.45, 2.75) is 38.0 Å². The highest BCUT2D eigenvalue weighted by Crippen LogP contribution is 2.23. The van der Waals surface area contributed by atoms with Crippen molar-refractivity contribution in [2.24, 2.45) is 23.4 Å². The van der Waals surface area contributed by atoms with E-state index in [1.807, 2.05) is 21.6 Å². The van der Waals surface area contributed by atoms with Gasteiger partial charge in [-0.1, -0.05) is 21.6 Å². The fraction of sp³-hybridized carbons (Fsp3) is 1.00. The molecule has 0 amide bonds. The lowest BCUT2D eigenvalue weighted by atomic mass is 10.3. The van der Waals surface area contributed by atoms with Crippen LogP contribution in [0.4, 0.5) is 0 Å². The molecule has 0 saturated carbocycles. The van der Waals surface area contributed by atoms with Gasteiger partial charge in [-0.3, -0.25) is 23.4 Å². The Hall–Kier alpha value is 0.380. The van der Waals surface area contributed by atoms with Crippen LogP contribution in [-0.4, -0.2) is 23.8 Å². The first-order chi connectivity index (χ1) is 8.78. The molecule has 0 aliphatic heterocycles. The Morgan fingerprint density at radius 2 is 1.00 bits per heavy atom. The van der Waals surface area contributed by atoms with Gasteiger partial charge in [-0.05, 0) is 25.7 Å². The van der Waals surface area contributed by atoms with Crippen LogP contribution >= 0.6 is 21.6 Å². The summed E-state index contributed by atoms with van der Waals surface area (Å²) >= 11 is 0. The van der Waals surface area contributed by atoms with Crippen molar-refractivity contribution < 1.29 is 0 Å². The molecule has 12 N–H and O–H groups in total. The van der Waals surface area contributed by atoms with Crippen LogP contribution in [0.5, 0.6) is 0 Å². The number of nitrogens with one attached hydrogen (secondary N) is 4. The standard InChI is InChI=1S/C8H26N8S2/c9-13-7(14-10)3-1-5-17-18-6-2-4-8(15-11)16-12/h7-8,13-16H,1-6,9-12H2. The summed E-state index contributed by atoms with van der Waals surface area (Å²) in [5.74, 6) is 23.3. The summed E-state index contributed by atoms with van der Waals surface area (Å²) in [7, 11) is 3.72. The third-order valence-corrected chi connectivity index (χ3v) is 4.91. The summed E-state index contributed by atoms with van der Waals surface area (Å²) in [6.45, 7) is 0. The summed E-state index contributed by atoms with van der Waals surface area (Å²) in [6.07, 6.45) is 3.93. The number of hydrogen-bond donors (Lipinski definition) is 8. The topological polar surface area (TPSA) is 152 Å². The Morgan fingerprint density at radius 3 is 1.28 bits per heavy atom. The summed E-state index contributed by atoms with van der Waals surface area (Å²) < 4.78 is 0. The van der Waals surface area contributed by atoms with Gasteiger partial charge in [-0.2, -0.15) is 0 Å². The molecule has 18 heavy (non-hydrogen) atoms. The van der Waals surface area contributed by atoms with Crippen LogP contribution in [0, 0.1) is 0 Å². The molecule has 110 valence electrons.